The molecule has 0 saturated heterocycles. The Balaban J connectivity index is 2.33. The van der Waals surface area contributed by atoms with Crippen molar-refractivity contribution < 1.29 is 9.59 Å². The molecule has 1 aliphatic heterocycles. The molecule has 17 heavy (non-hydrogen) atoms. The van der Waals surface area contributed by atoms with Crippen LogP contribution in [0.5, 0.6) is 0 Å². The molecule has 1 heterocycles. The van der Waals surface area contributed by atoms with Crippen molar-refractivity contribution in [2.45, 2.75) is 39.0 Å². The second-order valence-corrected chi connectivity index (χ2v) is 5.27. The number of hydrogen-bond acceptors (Lipinski definition) is 2. The second-order valence-electron chi connectivity index (χ2n) is 5.27. The van der Waals surface area contributed by atoms with E-state index in [9.17, 15) is 9.59 Å². The van der Waals surface area contributed by atoms with Gasteiger partial charge < -0.3 is 5.32 Å². The van der Waals surface area contributed by atoms with Gasteiger partial charge in [-0.25, -0.2) is 0 Å². The van der Waals surface area contributed by atoms with Crippen LogP contribution in [0.15, 0.2) is 6.07 Å². The normalized spacial score (nSPS) is 25.8. The van der Waals surface area contributed by atoms with Crippen molar-refractivity contribution in [3.8, 4) is 0 Å². The molecule has 0 radical (unpaired) electrons. The molecule has 2 atom stereocenters. The number of rotatable bonds is 0. The van der Waals surface area contributed by atoms with Crippen molar-refractivity contribution >= 4 is 17.4 Å². The third kappa shape index (κ3) is 1.22. The van der Waals surface area contributed by atoms with Crippen LogP contribution in [-0.4, -0.2) is 11.7 Å². The number of aryl methyl sites for hydroxylation is 1. The summed E-state index contributed by atoms with van der Waals surface area (Å²) in [6, 6.07) is 2.08. The van der Waals surface area contributed by atoms with Crippen molar-refractivity contribution in [3.05, 3.63) is 28.3 Å². The van der Waals surface area contributed by atoms with Crippen LogP contribution in [0, 0.1) is 6.92 Å². The number of Topliss-reactive ketones (excluding diaryl/α,β-unsaturated/α-hetero) is 1. The molecule has 0 bridgehead atoms. The average molecular weight is 229 g/mol. The Hall–Kier alpha value is -1.64. The Labute approximate surface area is 100 Å². The van der Waals surface area contributed by atoms with Crippen LogP contribution in [0.2, 0.25) is 0 Å². The van der Waals surface area contributed by atoms with Crippen LogP contribution in [0.25, 0.3) is 0 Å². The maximum atomic E-state index is 11.8. The Bertz CT molecular complexity index is 560. The molecular weight excluding hydrogens is 214 g/mol. The van der Waals surface area contributed by atoms with Gasteiger partial charge in [-0.15, -0.1) is 0 Å². The van der Waals surface area contributed by atoms with Gasteiger partial charge in [0.2, 0.25) is 0 Å². The van der Waals surface area contributed by atoms with Gasteiger partial charge in [-0.3, -0.25) is 9.59 Å². The Morgan fingerprint density at radius 1 is 1.24 bits per heavy atom. The third-order valence-electron chi connectivity index (χ3n) is 4.00. The number of carbonyl (C=O) groups excluding carboxylic acids is 2. The number of nitrogens with one attached hydrogen (secondary N) is 1. The Kier molecular flexibility index (Phi) is 1.97. The van der Waals surface area contributed by atoms with Crippen LogP contribution in [0.4, 0.5) is 5.69 Å². The van der Waals surface area contributed by atoms with Crippen LogP contribution in [0.3, 0.4) is 0 Å². The first-order valence-electron chi connectivity index (χ1n) is 6.03. The smallest absolute Gasteiger partial charge is 0.296 e. The van der Waals surface area contributed by atoms with E-state index in [-0.39, 0.29) is 5.78 Å². The van der Waals surface area contributed by atoms with E-state index in [0.717, 1.165) is 17.7 Å². The molecule has 0 saturated carbocycles. The first kappa shape index (κ1) is 10.5. The van der Waals surface area contributed by atoms with Crippen molar-refractivity contribution in [2.24, 2.45) is 0 Å². The highest BCUT2D eigenvalue weighted by Crippen LogP contribution is 2.48. The van der Waals surface area contributed by atoms with E-state index in [1.54, 1.807) is 0 Å². The molecule has 1 aromatic rings. The molecule has 1 aromatic carbocycles. The monoisotopic (exact) mass is 229 g/mol. The summed E-state index contributed by atoms with van der Waals surface area (Å²) in [4.78, 5) is 23.3. The number of carbonyl (C=O) groups is 2. The molecule has 0 fully saturated rings. The quantitative estimate of drug-likeness (QED) is 0.695. The highest BCUT2D eigenvalue weighted by molar-refractivity contribution is 6.52. The molecule has 3 rings (SSSR count). The zero-order chi connectivity index (χ0) is 12.3. The van der Waals surface area contributed by atoms with Crippen LogP contribution < -0.4 is 5.32 Å². The van der Waals surface area contributed by atoms with Crippen LogP contribution in [-0.2, 0) is 4.79 Å². The van der Waals surface area contributed by atoms with Gasteiger partial charge in [0.15, 0.2) is 0 Å². The van der Waals surface area contributed by atoms with Gasteiger partial charge in [0.05, 0.1) is 11.3 Å². The van der Waals surface area contributed by atoms with Gasteiger partial charge in [-0.1, -0.05) is 19.9 Å². The van der Waals surface area contributed by atoms with E-state index in [1.807, 2.05) is 6.92 Å². The summed E-state index contributed by atoms with van der Waals surface area (Å²) in [5.41, 5.74) is 4.77. The second kappa shape index (κ2) is 3.19. The van der Waals surface area contributed by atoms with E-state index in [1.165, 1.54) is 11.1 Å². The predicted octanol–water partition coefficient (Wildman–Crippen LogP) is 2.74. The molecule has 3 nitrogen and oxygen atoms in total. The van der Waals surface area contributed by atoms with Crippen LogP contribution >= 0.6 is 0 Å². The fourth-order valence-corrected chi connectivity index (χ4v) is 3.28. The molecule has 0 unspecified atom stereocenters. The van der Waals surface area contributed by atoms with Gasteiger partial charge in [0.25, 0.3) is 11.7 Å². The van der Waals surface area contributed by atoms with Crippen molar-refractivity contribution in [3.63, 3.8) is 0 Å². The number of hydrogen-bond donors (Lipinski definition) is 1. The van der Waals surface area contributed by atoms with Gasteiger partial charge in [-0.2, -0.15) is 0 Å². The highest BCUT2D eigenvalue weighted by atomic mass is 16.2. The summed E-state index contributed by atoms with van der Waals surface area (Å²) in [5.74, 6) is 0.0625. The number of amides is 1. The van der Waals surface area contributed by atoms with Gasteiger partial charge in [0.1, 0.15) is 0 Å². The summed E-state index contributed by atoms with van der Waals surface area (Å²) in [6.45, 7) is 6.27. The largest absolute Gasteiger partial charge is 0.318 e. The minimum absolute atomic E-state index is 0.382. The highest BCUT2D eigenvalue weighted by Gasteiger charge is 2.37. The first-order valence-corrected chi connectivity index (χ1v) is 6.03. The molecule has 3 heteroatoms. The third-order valence-corrected chi connectivity index (χ3v) is 4.00. The summed E-state index contributed by atoms with van der Waals surface area (Å²) in [5, 5.41) is 2.75. The van der Waals surface area contributed by atoms with E-state index < -0.39 is 5.91 Å². The standard InChI is InChI=1S/C14H15NO2/c1-6-4-7(2)10-9(6)5-8(3)11-12(10)15-14(17)13(11)16/h5-7H,4H2,1-3H3,(H,15,16,17)/t6-,7-/m0/s1. The van der Waals surface area contributed by atoms with Gasteiger partial charge in [-0.05, 0) is 41.9 Å². The summed E-state index contributed by atoms with van der Waals surface area (Å²) in [7, 11) is 0. The SMILES string of the molecule is Cc1cc2c(c3c1C(=O)C(=O)N3)[C@@H](C)C[C@@H]2C. The zero-order valence-corrected chi connectivity index (χ0v) is 10.3. The van der Waals surface area contributed by atoms with Crippen molar-refractivity contribution in [1.29, 1.82) is 0 Å². The van der Waals surface area contributed by atoms with Crippen LogP contribution in [0.1, 0.15) is 59.2 Å². The summed E-state index contributed by atoms with van der Waals surface area (Å²) >= 11 is 0. The molecule has 0 spiro atoms. The summed E-state index contributed by atoms with van der Waals surface area (Å²) < 4.78 is 0. The lowest BCUT2D eigenvalue weighted by Gasteiger charge is -2.12. The number of ketones is 1. The maximum absolute atomic E-state index is 11.8. The molecular formula is C14H15NO2. The molecule has 1 aliphatic carbocycles. The zero-order valence-electron chi connectivity index (χ0n) is 10.3. The molecule has 0 aromatic heterocycles. The average Bonchev–Trinajstić information content (AvgIpc) is 2.68. The maximum Gasteiger partial charge on any atom is 0.296 e. The van der Waals surface area contributed by atoms with E-state index in [0.29, 0.717) is 17.4 Å². The number of benzene rings is 1. The minimum atomic E-state index is -0.483. The molecule has 1 N–H and O–H groups in total. The van der Waals surface area contributed by atoms with Crippen molar-refractivity contribution in [2.75, 3.05) is 5.32 Å². The van der Waals surface area contributed by atoms with Crippen molar-refractivity contribution in [1.82, 2.24) is 0 Å². The van der Waals surface area contributed by atoms with E-state index in [2.05, 4.69) is 25.2 Å². The molecule has 1 amide bonds. The minimum Gasteiger partial charge on any atom is -0.318 e. The number of anilines is 1. The molecule has 88 valence electrons. The van der Waals surface area contributed by atoms with E-state index >= 15 is 0 Å². The van der Waals surface area contributed by atoms with Gasteiger partial charge >= 0.3 is 0 Å². The fourth-order valence-electron chi connectivity index (χ4n) is 3.28. The van der Waals surface area contributed by atoms with E-state index in [4.69, 9.17) is 0 Å². The fraction of sp³-hybridized carbons (Fsp3) is 0.429. The summed E-state index contributed by atoms with van der Waals surface area (Å²) in [6.07, 6.45) is 1.09. The predicted molar refractivity (Wildman–Crippen MR) is 65.6 cm³/mol. The Morgan fingerprint density at radius 3 is 2.65 bits per heavy atom. The lowest BCUT2D eigenvalue weighted by Crippen LogP contribution is -2.13. The lowest BCUT2D eigenvalue weighted by molar-refractivity contribution is -0.112. The van der Waals surface area contributed by atoms with Gasteiger partial charge in [0, 0.05) is 0 Å². The topological polar surface area (TPSA) is 46.2 Å². The number of fused-ring (bicyclic) bond motifs is 3. The first-order chi connectivity index (χ1) is 8.00. The molecule has 2 aliphatic rings. The lowest BCUT2D eigenvalue weighted by atomic mass is 9.93. The Morgan fingerprint density at radius 2 is 1.94 bits per heavy atom.